The summed E-state index contributed by atoms with van der Waals surface area (Å²) >= 11 is 0. The van der Waals surface area contributed by atoms with Crippen LogP contribution in [0.15, 0.2) is 0 Å². The molecule has 0 aromatic rings. The molecule has 1 N–H and O–H groups in total. The fourth-order valence-corrected chi connectivity index (χ4v) is 3.12. The fraction of sp³-hybridized carbons (Fsp3) is 0.933. The van der Waals surface area contributed by atoms with Crippen molar-refractivity contribution in [2.75, 3.05) is 20.3 Å². The molecule has 0 spiro atoms. The molecule has 20 heavy (non-hydrogen) atoms. The predicted octanol–water partition coefficient (Wildman–Crippen LogP) is 1.66. The van der Waals surface area contributed by atoms with Gasteiger partial charge >= 0.3 is 5.97 Å². The molecule has 0 amide bonds. The molecule has 2 aliphatic rings. The van der Waals surface area contributed by atoms with Gasteiger partial charge < -0.3 is 19.3 Å². The molecule has 0 aliphatic carbocycles. The van der Waals surface area contributed by atoms with Crippen molar-refractivity contribution in [3.05, 3.63) is 0 Å². The van der Waals surface area contributed by atoms with Crippen LogP contribution in [0, 0.1) is 5.92 Å². The predicted molar refractivity (Wildman–Crippen MR) is 73.3 cm³/mol. The summed E-state index contributed by atoms with van der Waals surface area (Å²) in [5.41, 5.74) is -0.452. The Labute approximate surface area is 120 Å². The number of aliphatic hydroxyl groups is 1. The third-order valence-corrected chi connectivity index (χ3v) is 4.45. The second-order valence-electron chi connectivity index (χ2n) is 6.20. The Balaban J connectivity index is 1.78. The largest absolute Gasteiger partial charge is 0.469 e. The van der Waals surface area contributed by atoms with E-state index in [-0.39, 0.29) is 31.2 Å². The maximum absolute atomic E-state index is 11.4. The number of hydrogen-bond donors (Lipinski definition) is 1. The Hall–Kier alpha value is -0.650. The average Bonchev–Trinajstić information content (AvgIpc) is 2.79. The summed E-state index contributed by atoms with van der Waals surface area (Å²) in [6.07, 6.45) is 5.37. The summed E-state index contributed by atoms with van der Waals surface area (Å²) in [6.45, 7) is 2.78. The van der Waals surface area contributed by atoms with Gasteiger partial charge in [0.05, 0.1) is 32.3 Å². The molecule has 2 fully saturated rings. The Morgan fingerprint density at radius 2 is 2.35 bits per heavy atom. The van der Waals surface area contributed by atoms with E-state index in [1.807, 2.05) is 0 Å². The van der Waals surface area contributed by atoms with Gasteiger partial charge in [-0.15, -0.1) is 0 Å². The normalized spacial score (nSPS) is 34.0. The van der Waals surface area contributed by atoms with Gasteiger partial charge in [0.25, 0.3) is 0 Å². The highest BCUT2D eigenvalue weighted by atomic mass is 16.6. The summed E-state index contributed by atoms with van der Waals surface area (Å²) in [7, 11) is 1.40. The lowest BCUT2D eigenvalue weighted by molar-refractivity contribution is -0.204. The van der Waals surface area contributed by atoms with Crippen molar-refractivity contribution in [3.8, 4) is 0 Å². The van der Waals surface area contributed by atoms with E-state index in [2.05, 4.69) is 6.92 Å². The molecule has 0 aromatic carbocycles. The molecule has 2 aliphatic heterocycles. The summed E-state index contributed by atoms with van der Waals surface area (Å²) in [5, 5.41) is 9.02. The van der Waals surface area contributed by atoms with Crippen LogP contribution in [0.5, 0.6) is 0 Å². The van der Waals surface area contributed by atoms with Crippen molar-refractivity contribution in [2.24, 2.45) is 5.92 Å². The lowest BCUT2D eigenvalue weighted by Crippen LogP contribution is -2.46. The van der Waals surface area contributed by atoms with Crippen LogP contribution in [0.4, 0.5) is 0 Å². The maximum atomic E-state index is 11.4. The van der Waals surface area contributed by atoms with E-state index in [9.17, 15) is 4.79 Å². The molecular weight excluding hydrogens is 260 g/mol. The molecule has 0 aromatic heterocycles. The summed E-state index contributed by atoms with van der Waals surface area (Å²) in [6, 6.07) is 0. The highest BCUT2D eigenvalue weighted by molar-refractivity contribution is 5.70. The molecule has 5 heteroatoms. The first-order valence-electron chi connectivity index (χ1n) is 7.55. The lowest BCUT2D eigenvalue weighted by Gasteiger charge is -2.37. The van der Waals surface area contributed by atoms with Crippen molar-refractivity contribution in [1.29, 1.82) is 0 Å². The zero-order valence-electron chi connectivity index (χ0n) is 12.5. The Kier molecular flexibility index (Phi) is 5.41. The average molecular weight is 286 g/mol. The van der Waals surface area contributed by atoms with Crippen LogP contribution in [0.25, 0.3) is 0 Å². The van der Waals surface area contributed by atoms with Gasteiger partial charge in [-0.3, -0.25) is 4.79 Å². The van der Waals surface area contributed by atoms with Crippen molar-refractivity contribution in [2.45, 2.75) is 63.3 Å². The SMILES string of the molecule is COC(=O)CC12CCC(O1)C(CCCC(C)CO)OC2. The molecule has 0 saturated carbocycles. The van der Waals surface area contributed by atoms with Crippen LogP contribution in [-0.4, -0.2) is 49.2 Å². The molecular formula is C15H26O5. The molecule has 2 saturated heterocycles. The highest BCUT2D eigenvalue weighted by Gasteiger charge is 2.49. The number of hydrogen-bond acceptors (Lipinski definition) is 5. The Morgan fingerprint density at radius 3 is 3.05 bits per heavy atom. The first-order valence-corrected chi connectivity index (χ1v) is 7.55. The Bertz CT molecular complexity index is 332. The van der Waals surface area contributed by atoms with Gasteiger partial charge in [0.2, 0.25) is 0 Å². The van der Waals surface area contributed by atoms with E-state index in [1.165, 1.54) is 7.11 Å². The third-order valence-electron chi connectivity index (χ3n) is 4.45. The van der Waals surface area contributed by atoms with E-state index in [0.29, 0.717) is 12.5 Å². The lowest BCUT2D eigenvalue weighted by atomic mass is 9.97. The van der Waals surface area contributed by atoms with Crippen molar-refractivity contribution in [1.82, 2.24) is 0 Å². The Morgan fingerprint density at radius 1 is 1.55 bits per heavy atom. The zero-order valence-corrected chi connectivity index (χ0v) is 12.5. The van der Waals surface area contributed by atoms with Crippen LogP contribution in [-0.2, 0) is 19.0 Å². The molecule has 2 heterocycles. The summed E-state index contributed by atoms with van der Waals surface area (Å²) < 4.78 is 16.7. The number of aliphatic hydroxyl groups excluding tert-OH is 1. The molecule has 0 radical (unpaired) electrons. The smallest absolute Gasteiger partial charge is 0.308 e. The minimum atomic E-state index is -0.452. The minimum Gasteiger partial charge on any atom is -0.469 e. The molecule has 4 unspecified atom stereocenters. The highest BCUT2D eigenvalue weighted by Crippen LogP contribution is 2.41. The van der Waals surface area contributed by atoms with Gasteiger partial charge in [-0.05, 0) is 31.6 Å². The third kappa shape index (κ3) is 3.71. The van der Waals surface area contributed by atoms with Crippen molar-refractivity contribution in [3.63, 3.8) is 0 Å². The van der Waals surface area contributed by atoms with Crippen molar-refractivity contribution >= 4 is 5.97 Å². The van der Waals surface area contributed by atoms with Crippen LogP contribution < -0.4 is 0 Å². The van der Waals surface area contributed by atoms with Crippen LogP contribution in [0.2, 0.25) is 0 Å². The van der Waals surface area contributed by atoms with Gasteiger partial charge in [-0.2, -0.15) is 0 Å². The standard InChI is InChI=1S/C15H26O5/c1-11(9-16)4-3-5-12-13-6-7-15(20-13,10-19-12)8-14(17)18-2/h11-13,16H,3-10H2,1-2H3. The van der Waals surface area contributed by atoms with Gasteiger partial charge in [-0.25, -0.2) is 0 Å². The number of methoxy groups -OCH3 is 1. The maximum Gasteiger partial charge on any atom is 0.308 e. The molecule has 2 bridgehead atoms. The van der Waals surface area contributed by atoms with Crippen LogP contribution in [0.3, 0.4) is 0 Å². The summed E-state index contributed by atoms with van der Waals surface area (Å²) in [4.78, 5) is 11.4. The number of rotatable bonds is 7. The molecule has 116 valence electrons. The minimum absolute atomic E-state index is 0.109. The number of ether oxygens (including phenoxy) is 3. The van der Waals surface area contributed by atoms with Crippen LogP contribution in [0.1, 0.15) is 45.4 Å². The quantitative estimate of drug-likeness (QED) is 0.721. The summed E-state index contributed by atoms with van der Waals surface area (Å²) in [5.74, 6) is 0.117. The van der Waals surface area contributed by atoms with Gasteiger partial charge in [0.1, 0.15) is 5.60 Å². The first kappa shape index (κ1) is 15.7. The van der Waals surface area contributed by atoms with E-state index in [0.717, 1.165) is 32.1 Å². The van der Waals surface area contributed by atoms with E-state index in [1.54, 1.807) is 0 Å². The van der Waals surface area contributed by atoms with Gasteiger partial charge in [-0.1, -0.05) is 13.3 Å². The number of esters is 1. The molecule has 4 atom stereocenters. The van der Waals surface area contributed by atoms with Crippen LogP contribution >= 0.6 is 0 Å². The second kappa shape index (κ2) is 6.87. The van der Waals surface area contributed by atoms with Gasteiger partial charge in [0, 0.05) is 6.61 Å². The molecule has 5 nitrogen and oxygen atoms in total. The number of carbonyl (C=O) groups excluding carboxylic acids is 1. The molecule has 2 rings (SSSR count). The number of carbonyl (C=O) groups is 1. The number of fused-ring (bicyclic) bond motifs is 2. The van der Waals surface area contributed by atoms with E-state index < -0.39 is 5.60 Å². The topological polar surface area (TPSA) is 65.0 Å². The van der Waals surface area contributed by atoms with Gasteiger partial charge in [0.15, 0.2) is 0 Å². The second-order valence-corrected chi connectivity index (χ2v) is 6.20. The van der Waals surface area contributed by atoms with E-state index >= 15 is 0 Å². The monoisotopic (exact) mass is 286 g/mol. The van der Waals surface area contributed by atoms with Crippen molar-refractivity contribution < 1.29 is 24.1 Å². The fourth-order valence-electron chi connectivity index (χ4n) is 3.12. The van der Waals surface area contributed by atoms with E-state index in [4.69, 9.17) is 19.3 Å². The first-order chi connectivity index (χ1) is 9.58. The zero-order chi connectivity index (χ0) is 14.6.